The van der Waals surface area contributed by atoms with Gasteiger partial charge in [-0.3, -0.25) is 0 Å². The van der Waals surface area contributed by atoms with Crippen LogP contribution in [-0.4, -0.2) is 26.3 Å². The molecule has 0 spiro atoms. The van der Waals surface area contributed by atoms with Crippen molar-refractivity contribution in [3.63, 3.8) is 0 Å². The third-order valence-corrected chi connectivity index (χ3v) is 3.66. The number of hydrogen-bond donors (Lipinski definition) is 1. The van der Waals surface area contributed by atoms with Gasteiger partial charge in [0.1, 0.15) is 13.2 Å². The van der Waals surface area contributed by atoms with Crippen LogP contribution in [-0.2, 0) is 0 Å². The summed E-state index contributed by atoms with van der Waals surface area (Å²) < 4.78 is 11.4. The highest BCUT2D eigenvalue weighted by Gasteiger charge is 2.20. The van der Waals surface area contributed by atoms with Crippen molar-refractivity contribution in [2.75, 3.05) is 26.3 Å². The van der Waals surface area contributed by atoms with Gasteiger partial charge in [0.25, 0.3) is 0 Å². The molecule has 1 saturated heterocycles. The van der Waals surface area contributed by atoms with Crippen LogP contribution in [0.3, 0.4) is 0 Å². The molecule has 3 rings (SSSR count). The van der Waals surface area contributed by atoms with Crippen molar-refractivity contribution in [2.24, 2.45) is 0 Å². The van der Waals surface area contributed by atoms with Gasteiger partial charge in [0.15, 0.2) is 11.5 Å². The lowest BCUT2D eigenvalue weighted by molar-refractivity contribution is 0.170. The molecule has 3 heteroatoms. The lowest BCUT2D eigenvalue weighted by Gasteiger charge is -2.26. The highest BCUT2D eigenvalue weighted by molar-refractivity contribution is 5.50. The zero-order chi connectivity index (χ0) is 11.7. The Morgan fingerprint density at radius 2 is 1.88 bits per heavy atom. The van der Waals surface area contributed by atoms with Crippen LogP contribution in [0.5, 0.6) is 11.5 Å². The first-order chi connectivity index (χ1) is 8.34. The number of nitrogens with one attached hydrogen (secondary N) is 1. The van der Waals surface area contributed by atoms with Crippen molar-refractivity contribution in [2.45, 2.75) is 25.7 Å². The maximum atomic E-state index is 5.70. The number of piperidine rings is 1. The summed E-state index contributed by atoms with van der Waals surface area (Å²) in [6.07, 6.45) is 2.44. The van der Waals surface area contributed by atoms with Gasteiger partial charge in [-0.05, 0) is 56.0 Å². The molecule has 0 atom stereocenters. The SMILES string of the molecule is Cc1cc(C2CCNCC2)cc2c1OCCO2. The van der Waals surface area contributed by atoms with Crippen molar-refractivity contribution in [3.05, 3.63) is 23.3 Å². The van der Waals surface area contributed by atoms with Crippen molar-refractivity contribution in [1.82, 2.24) is 5.32 Å². The summed E-state index contributed by atoms with van der Waals surface area (Å²) in [5, 5.41) is 3.41. The van der Waals surface area contributed by atoms with E-state index < -0.39 is 0 Å². The minimum atomic E-state index is 0.667. The monoisotopic (exact) mass is 233 g/mol. The molecule has 0 radical (unpaired) electrons. The molecule has 1 aromatic carbocycles. The van der Waals surface area contributed by atoms with Gasteiger partial charge in [0.2, 0.25) is 0 Å². The number of ether oxygens (including phenoxy) is 2. The molecule has 1 N–H and O–H groups in total. The first kappa shape index (κ1) is 10.9. The van der Waals surface area contributed by atoms with E-state index in [2.05, 4.69) is 24.4 Å². The zero-order valence-corrected chi connectivity index (χ0v) is 10.3. The summed E-state index contributed by atoms with van der Waals surface area (Å²) in [7, 11) is 0. The Morgan fingerprint density at radius 3 is 2.71 bits per heavy atom. The highest BCUT2D eigenvalue weighted by atomic mass is 16.6. The maximum Gasteiger partial charge on any atom is 0.164 e. The molecular weight excluding hydrogens is 214 g/mol. The van der Waals surface area contributed by atoms with Crippen molar-refractivity contribution in [1.29, 1.82) is 0 Å². The second kappa shape index (κ2) is 4.57. The largest absolute Gasteiger partial charge is 0.486 e. The Balaban J connectivity index is 1.92. The summed E-state index contributed by atoms with van der Waals surface area (Å²) in [6, 6.07) is 4.45. The Labute approximate surface area is 102 Å². The topological polar surface area (TPSA) is 30.5 Å². The van der Waals surface area contributed by atoms with E-state index in [1.54, 1.807) is 0 Å². The highest BCUT2D eigenvalue weighted by Crippen LogP contribution is 2.38. The average molecular weight is 233 g/mol. The van der Waals surface area contributed by atoms with Crippen molar-refractivity contribution >= 4 is 0 Å². The molecule has 0 bridgehead atoms. The molecule has 1 fully saturated rings. The Hall–Kier alpha value is -1.22. The summed E-state index contributed by atoms with van der Waals surface area (Å²) in [4.78, 5) is 0. The first-order valence-electron chi connectivity index (χ1n) is 6.45. The summed E-state index contributed by atoms with van der Waals surface area (Å²) in [6.45, 7) is 5.69. The molecule has 2 aliphatic rings. The molecule has 17 heavy (non-hydrogen) atoms. The van der Waals surface area contributed by atoms with Gasteiger partial charge in [-0.2, -0.15) is 0 Å². The van der Waals surface area contributed by atoms with E-state index in [9.17, 15) is 0 Å². The molecule has 3 nitrogen and oxygen atoms in total. The maximum absolute atomic E-state index is 5.70. The smallest absolute Gasteiger partial charge is 0.164 e. The van der Waals surface area contributed by atoms with Crippen LogP contribution in [0.25, 0.3) is 0 Å². The molecule has 2 heterocycles. The number of hydrogen-bond acceptors (Lipinski definition) is 3. The van der Waals surface area contributed by atoms with E-state index in [4.69, 9.17) is 9.47 Å². The average Bonchev–Trinajstić information content (AvgIpc) is 2.40. The molecule has 92 valence electrons. The minimum Gasteiger partial charge on any atom is -0.486 e. The normalized spacial score (nSPS) is 20.3. The Kier molecular flexibility index (Phi) is 2.93. The molecule has 0 unspecified atom stereocenters. The number of fused-ring (bicyclic) bond motifs is 1. The van der Waals surface area contributed by atoms with Gasteiger partial charge in [-0.1, -0.05) is 6.07 Å². The van der Waals surface area contributed by atoms with Crippen LogP contribution in [0.4, 0.5) is 0 Å². The third kappa shape index (κ3) is 2.12. The van der Waals surface area contributed by atoms with E-state index in [-0.39, 0.29) is 0 Å². The first-order valence-corrected chi connectivity index (χ1v) is 6.45. The van der Waals surface area contributed by atoms with Crippen molar-refractivity contribution in [3.8, 4) is 11.5 Å². The fourth-order valence-electron chi connectivity index (χ4n) is 2.75. The van der Waals surface area contributed by atoms with Gasteiger partial charge < -0.3 is 14.8 Å². The minimum absolute atomic E-state index is 0.667. The van der Waals surface area contributed by atoms with E-state index in [0.29, 0.717) is 19.1 Å². The van der Waals surface area contributed by atoms with Crippen LogP contribution in [0, 0.1) is 6.92 Å². The molecule has 2 aliphatic heterocycles. The number of benzene rings is 1. The fraction of sp³-hybridized carbons (Fsp3) is 0.571. The van der Waals surface area contributed by atoms with Crippen LogP contribution in [0.1, 0.15) is 29.9 Å². The van der Waals surface area contributed by atoms with Gasteiger partial charge >= 0.3 is 0 Å². The molecule has 1 aromatic rings. The predicted octanol–water partition coefficient (Wildman–Crippen LogP) is 2.23. The molecule has 0 saturated carbocycles. The predicted molar refractivity (Wildman–Crippen MR) is 67.0 cm³/mol. The second-order valence-corrected chi connectivity index (χ2v) is 4.89. The van der Waals surface area contributed by atoms with Crippen LogP contribution in [0.15, 0.2) is 12.1 Å². The van der Waals surface area contributed by atoms with Gasteiger partial charge in [0.05, 0.1) is 0 Å². The molecular formula is C14H19NO2. The lowest BCUT2D eigenvalue weighted by atomic mass is 9.89. The molecule has 0 aromatic heterocycles. The fourth-order valence-corrected chi connectivity index (χ4v) is 2.75. The molecule has 0 aliphatic carbocycles. The van der Waals surface area contributed by atoms with E-state index >= 15 is 0 Å². The van der Waals surface area contributed by atoms with E-state index in [1.807, 2.05) is 0 Å². The second-order valence-electron chi connectivity index (χ2n) is 4.89. The Morgan fingerprint density at radius 1 is 1.12 bits per heavy atom. The van der Waals surface area contributed by atoms with Crippen LogP contribution in [0.2, 0.25) is 0 Å². The van der Waals surface area contributed by atoms with Crippen LogP contribution >= 0.6 is 0 Å². The summed E-state index contributed by atoms with van der Waals surface area (Å²) >= 11 is 0. The number of aryl methyl sites for hydroxylation is 1. The summed E-state index contributed by atoms with van der Waals surface area (Å²) in [5.41, 5.74) is 2.61. The lowest BCUT2D eigenvalue weighted by Crippen LogP contribution is -2.26. The van der Waals surface area contributed by atoms with E-state index in [1.165, 1.54) is 24.0 Å². The van der Waals surface area contributed by atoms with Gasteiger partial charge in [-0.15, -0.1) is 0 Å². The summed E-state index contributed by atoms with van der Waals surface area (Å²) in [5.74, 6) is 2.55. The van der Waals surface area contributed by atoms with Gasteiger partial charge in [-0.25, -0.2) is 0 Å². The van der Waals surface area contributed by atoms with Crippen LogP contribution < -0.4 is 14.8 Å². The Bertz CT molecular complexity index is 411. The quantitative estimate of drug-likeness (QED) is 0.807. The molecule has 0 amide bonds. The number of rotatable bonds is 1. The zero-order valence-electron chi connectivity index (χ0n) is 10.3. The standard InChI is InChI=1S/C14H19NO2/c1-10-8-12(11-2-4-15-5-3-11)9-13-14(10)17-7-6-16-13/h8-9,11,15H,2-7H2,1H3. The van der Waals surface area contributed by atoms with Crippen molar-refractivity contribution < 1.29 is 9.47 Å². The van der Waals surface area contributed by atoms with E-state index in [0.717, 1.165) is 24.6 Å². The van der Waals surface area contributed by atoms with Gasteiger partial charge in [0, 0.05) is 0 Å². The third-order valence-electron chi connectivity index (χ3n) is 3.66.